The van der Waals surface area contributed by atoms with Gasteiger partial charge in [-0.1, -0.05) is 0 Å². The average molecular weight is 199 g/mol. The largest absolute Gasteiger partial charge is 0.388 e. The molecule has 1 saturated heterocycles. The van der Waals surface area contributed by atoms with Gasteiger partial charge in [-0.25, -0.2) is 0 Å². The first-order valence-corrected chi connectivity index (χ1v) is 5.31. The van der Waals surface area contributed by atoms with Crippen molar-refractivity contribution in [3.63, 3.8) is 0 Å². The van der Waals surface area contributed by atoms with Crippen LogP contribution < -0.4 is 5.32 Å². The maximum absolute atomic E-state index is 11.5. The van der Waals surface area contributed by atoms with E-state index in [1.807, 2.05) is 0 Å². The molecule has 80 valence electrons. The second-order valence-electron chi connectivity index (χ2n) is 4.30. The lowest BCUT2D eigenvalue weighted by molar-refractivity contribution is -0.132. The summed E-state index contributed by atoms with van der Waals surface area (Å²) in [6.07, 6.45) is 4.16. The molecule has 2 N–H and O–H groups in total. The molecule has 1 aliphatic carbocycles. The number of hydrogen-bond acceptors (Lipinski definition) is 3. The summed E-state index contributed by atoms with van der Waals surface area (Å²) in [5.74, 6) is -0.0668. The Morgan fingerprint density at radius 1 is 1.50 bits per heavy atom. The van der Waals surface area contributed by atoms with Gasteiger partial charge in [-0.05, 0) is 32.1 Å². The topological polar surface area (TPSA) is 58.6 Å². The predicted molar refractivity (Wildman–Crippen MR) is 50.8 cm³/mol. The predicted octanol–water partition coefficient (Wildman–Crippen LogP) is 0.197. The highest BCUT2D eigenvalue weighted by Crippen LogP contribution is 2.30. The Morgan fingerprint density at radius 2 is 2.29 bits per heavy atom. The lowest BCUT2D eigenvalue weighted by Crippen LogP contribution is -2.49. The molecule has 0 unspecified atom stereocenters. The van der Waals surface area contributed by atoms with Crippen LogP contribution in [0.1, 0.15) is 32.1 Å². The van der Waals surface area contributed by atoms with Crippen molar-refractivity contribution >= 4 is 5.91 Å². The smallest absolute Gasteiger partial charge is 0.249 e. The highest BCUT2D eigenvalue weighted by molar-refractivity contribution is 5.81. The number of carbonyl (C=O) groups excluding carboxylic acids is 1. The van der Waals surface area contributed by atoms with Gasteiger partial charge in [0.05, 0.1) is 5.60 Å². The van der Waals surface area contributed by atoms with Crippen molar-refractivity contribution in [3.05, 3.63) is 0 Å². The van der Waals surface area contributed by atoms with Gasteiger partial charge in [0.15, 0.2) is 0 Å². The van der Waals surface area contributed by atoms with Crippen molar-refractivity contribution in [2.75, 3.05) is 13.2 Å². The molecule has 0 radical (unpaired) electrons. The molecule has 2 rings (SSSR count). The van der Waals surface area contributed by atoms with Gasteiger partial charge in [0.2, 0.25) is 5.91 Å². The Hall–Kier alpha value is -0.610. The lowest BCUT2D eigenvalue weighted by Gasteiger charge is -2.36. The van der Waals surface area contributed by atoms with E-state index in [1.54, 1.807) is 0 Å². The van der Waals surface area contributed by atoms with Gasteiger partial charge in [-0.3, -0.25) is 4.79 Å². The summed E-state index contributed by atoms with van der Waals surface area (Å²) in [5, 5.41) is 12.5. The summed E-state index contributed by atoms with van der Waals surface area (Å²) in [6, 6.07) is 0. The van der Waals surface area contributed by atoms with Crippen LogP contribution in [0, 0.1) is 0 Å². The molecule has 0 spiro atoms. The number of nitrogens with one attached hydrogen (secondary N) is 1. The van der Waals surface area contributed by atoms with Crippen molar-refractivity contribution < 1.29 is 14.6 Å². The van der Waals surface area contributed by atoms with E-state index < -0.39 is 5.60 Å². The van der Waals surface area contributed by atoms with Crippen LogP contribution in [-0.4, -0.2) is 35.9 Å². The molecule has 0 aromatic rings. The summed E-state index contributed by atoms with van der Waals surface area (Å²) in [7, 11) is 0. The van der Waals surface area contributed by atoms with Gasteiger partial charge in [-0.2, -0.15) is 0 Å². The molecule has 2 fully saturated rings. The molecule has 1 atom stereocenters. The first kappa shape index (κ1) is 9.93. The van der Waals surface area contributed by atoms with Crippen LogP contribution in [0.25, 0.3) is 0 Å². The zero-order valence-corrected chi connectivity index (χ0v) is 8.29. The van der Waals surface area contributed by atoms with Crippen molar-refractivity contribution in [3.8, 4) is 0 Å². The molecule has 1 aliphatic heterocycles. The third kappa shape index (κ3) is 2.07. The minimum atomic E-state index is -0.631. The number of carbonyl (C=O) groups is 1. The summed E-state index contributed by atoms with van der Waals surface area (Å²) in [4.78, 5) is 11.5. The fourth-order valence-electron chi connectivity index (χ4n) is 1.91. The van der Waals surface area contributed by atoms with Gasteiger partial charge in [-0.15, -0.1) is 0 Å². The monoisotopic (exact) mass is 199 g/mol. The molecule has 14 heavy (non-hydrogen) atoms. The number of rotatable bonds is 3. The molecule has 1 saturated carbocycles. The van der Waals surface area contributed by atoms with Crippen LogP contribution >= 0.6 is 0 Å². The van der Waals surface area contributed by atoms with Crippen LogP contribution in [0.2, 0.25) is 0 Å². The molecule has 1 amide bonds. The number of aliphatic hydroxyl groups is 1. The van der Waals surface area contributed by atoms with Crippen molar-refractivity contribution in [1.82, 2.24) is 5.32 Å². The molecule has 0 aromatic carbocycles. The van der Waals surface area contributed by atoms with Crippen LogP contribution in [0.15, 0.2) is 0 Å². The molecule has 4 heteroatoms. The summed E-state index contributed by atoms with van der Waals surface area (Å²) in [6.45, 7) is 1.06. The van der Waals surface area contributed by atoms with Gasteiger partial charge >= 0.3 is 0 Å². The van der Waals surface area contributed by atoms with Crippen LogP contribution in [0.4, 0.5) is 0 Å². The molecule has 2 aliphatic rings. The molecule has 0 aromatic heterocycles. The minimum absolute atomic E-state index is 0.0668. The van der Waals surface area contributed by atoms with Crippen LogP contribution in [0.5, 0.6) is 0 Å². The van der Waals surface area contributed by atoms with E-state index in [1.165, 1.54) is 0 Å². The molecular weight excluding hydrogens is 182 g/mol. The number of ether oxygens (including phenoxy) is 1. The second kappa shape index (κ2) is 3.87. The van der Waals surface area contributed by atoms with E-state index in [0.29, 0.717) is 13.2 Å². The Morgan fingerprint density at radius 3 is 2.79 bits per heavy atom. The maximum atomic E-state index is 11.5. The molecule has 1 heterocycles. The second-order valence-corrected chi connectivity index (χ2v) is 4.30. The summed E-state index contributed by atoms with van der Waals surface area (Å²) < 4.78 is 5.24. The standard InChI is InChI=1S/C10H17NO3/c12-9(8-3-1-6-14-8)11-7-10(13)4-2-5-10/h8,13H,1-7H2,(H,11,12)/t8-/m1/s1. The third-order valence-electron chi connectivity index (χ3n) is 3.10. The highest BCUT2D eigenvalue weighted by atomic mass is 16.5. The molecule has 0 bridgehead atoms. The zero-order chi connectivity index (χ0) is 10.0. The first-order chi connectivity index (χ1) is 6.70. The highest BCUT2D eigenvalue weighted by Gasteiger charge is 2.35. The fraction of sp³-hybridized carbons (Fsp3) is 0.900. The van der Waals surface area contributed by atoms with E-state index in [2.05, 4.69) is 5.32 Å². The third-order valence-corrected chi connectivity index (χ3v) is 3.10. The van der Waals surface area contributed by atoms with E-state index in [-0.39, 0.29) is 12.0 Å². The Balaban J connectivity index is 1.71. The SMILES string of the molecule is O=C(NCC1(O)CCC1)[C@H]1CCCO1. The van der Waals surface area contributed by atoms with Crippen LogP contribution in [0.3, 0.4) is 0 Å². The average Bonchev–Trinajstić information content (AvgIpc) is 2.63. The molecular formula is C10H17NO3. The van der Waals surface area contributed by atoms with Crippen molar-refractivity contribution in [2.45, 2.75) is 43.8 Å². The zero-order valence-electron chi connectivity index (χ0n) is 8.29. The van der Waals surface area contributed by atoms with Crippen LogP contribution in [-0.2, 0) is 9.53 Å². The van der Waals surface area contributed by atoms with E-state index >= 15 is 0 Å². The normalized spacial score (nSPS) is 29.6. The van der Waals surface area contributed by atoms with Gasteiger partial charge in [0.25, 0.3) is 0 Å². The van der Waals surface area contributed by atoms with Crippen molar-refractivity contribution in [1.29, 1.82) is 0 Å². The van der Waals surface area contributed by atoms with Gasteiger partial charge in [0, 0.05) is 13.2 Å². The first-order valence-electron chi connectivity index (χ1n) is 5.31. The van der Waals surface area contributed by atoms with E-state index in [9.17, 15) is 9.90 Å². The minimum Gasteiger partial charge on any atom is -0.388 e. The lowest BCUT2D eigenvalue weighted by atomic mass is 9.80. The Labute approximate surface area is 83.6 Å². The van der Waals surface area contributed by atoms with E-state index in [4.69, 9.17) is 4.74 Å². The maximum Gasteiger partial charge on any atom is 0.249 e. The quantitative estimate of drug-likeness (QED) is 0.682. The van der Waals surface area contributed by atoms with Crippen molar-refractivity contribution in [2.24, 2.45) is 0 Å². The summed E-state index contributed by atoms with van der Waals surface area (Å²) in [5.41, 5.74) is -0.631. The fourth-order valence-corrected chi connectivity index (χ4v) is 1.91. The number of hydrogen-bond donors (Lipinski definition) is 2. The molecule has 4 nitrogen and oxygen atoms in total. The van der Waals surface area contributed by atoms with Gasteiger partial charge in [0.1, 0.15) is 6.10 Å². The van der Waals surface area contributed by atoms with E-state index in [0.717, 1.165) is 32.1 Å². The Bertz CT molecular complexity index is 219. The number of amides is 1. The Kier molecular flexibility index (Phi) is 2.74. The van der Waals surface area contributed by atoms with Gasteiger partial charge < -0.3 is 15.2 Å². The summed E-state index contributed by atoms with van der Waals surface area (Å²) >= 11 is 0.